The van der Waals surface area contributed by atoms with Gasteiger partial charge in [0, 0.05) is 21.4 Å². The monoisotopic (exact) mass is 484 g/mol. The molecule has 0 aliphatic heterocycles. The Bertz CT molecular complexity index is 1150. The van der Waals surface area contributed by atoms with Crippen molar-refractivity contribution in [2.75, 3.05) is 16.6 Å². The molecule has 0 aliphatic carbocycles. The molecule has 6 nitrogen and oxygen atoms in total. The maximum absolute atomic E-state index is 12.5. The van der Waals surface area contributed by atoms with Crippen LogP contribution in [0.5, 0.6) is 5.75 Å². The molecule has 3 rings (SSSR count). The molecule has 3 aromatic carbocycles. The fourth-order valence-electron chi connectivity index (χ4n) is 2.45. The number of ether oxygens (including phenoxy) is 1. The number of rotatable bonds is 7. The Kier molecular flexibility index (Phi) is 7.10. The van der Waals surface area contributed by atoms with Gasteiger partial charge in [0.15, 0.2) is 6.61 Å². The van der Waals surface area contributed by atoms with Gasteiger partial charge in [-0.2, -0.15) is 0 Å². The van der Waals surface area contributed by atoms with E-state index in [1.807, 2.05) is 0 Å². The maximum atomic E-state index is 12.5. The Morgan fingerprint density at radius 1 is 0.867 bits per heavy atom. The van der Waals surface area contributed by atoms with Crippen molar-refractivity contribution in [1.29, 1.82) is 0 Å². The topological polar surface area (TPSA) is 84.5 Å². The minimum absolute atomic E-state index is 0.0401. The minimum atomic E-state index is -3.83. The summed E-state index contributed by atoms with van der Waals surface area (Å²) in [5.74, 6) is -0.304. The first-order valence-corrected chi connectivity index (χ1v) is 11.1. The van der Waals surface area contributed by atoms with E-state index < -0.39 is 15.9 Å². The lowest BCUT2D eigenvalue weighted by Crippen LogP contribution is -2.20. The van der Waals surface area contributed by atoms with Crippen LogP contribution in [-0.2, 0) is 14.8 Å². The molecule has 3 aromatic rings. The number of halogens is 3. The van der Waals surface area contributed by atoms with Crippen molar-refractivity contribution >= 4 is 62.1 Å². The molecule has 0 bridgehead atoms. The van der Waals surface area contributed by atoms with Gasteiger partial charge in [0.05, 0.1) is 9.92 Å². The molecular weight excluding hydrogens is 471 g/mol. The number of nitrogens with one attached hydrogen (secondary N) is 2. The predicted molar refractivity (Wildman–Crippen MR) is 119 cm³/mol. The number of sulfonamides is 1. The smallest absolute Gasteiger partial charge is 0.262 e. The first-order chi connectivity index (χ1) is 14.2. The third kappa shape index (κ3) is 6.03. The lowest BCUT2D eigenvalue weighted by Gasteiger charge is -2.12. The van der Waals surface area contributed by atoms with Crippen molar-refractivity contribution in [3.8, 4) is 5.75 Å². The van der Waals surface area contributed by atoms with Gasteiger partial charge in [0.25, 0.3) is 15.9 Å². The summed E-state index contributed by atoms with van der Waals surface area (Å²) in [7, 11) is -3.83. The van der Waals surface area contributed by atoms with Gasteiger partial charge in [-0.05, 0) is 48.5 Å². The zero-order chi connectivity index (χ0) is 21.7. The summed E-state index contributed by atoms with van der Waals surface area (Å²) >= 11 is 17.9. The van der Waals surface area contributed by atoms with Crippen LogP contribution >= 0.6 is 34.8 Å². The molecule has 10 heteroatoms. The van der Waals surface area contributed by atoms with Crippen molar-refractivity contribution < 1.29 is 17.9 Å². The summed E-state index contributed by atoms with van der Waals surface area (Å²) in [5.41, 5.74) is 0.840. The number of carbonyl (C=O) groups excluding carboxylic acids is 1. The van der Waals surface area contributed by atoms with Gasteiger partial charge in [-0.25, -0.2) is 8.42 Å². The SMILES string of the molecule is O=C(COc1ccc(S(=O)(=O)Nc2ccccc2)cc1Cl)Nc1cc(Cl)cc(Cl)c1. The van der Waals surface area contributed by atoms with Crippen LogP contribution in [0.1, 0.15) is 0 Å². The van der Waals surface area contributed by atoms with E-state index in [4.69, 9.17) is 39.5 Å². The standard InChI is InChI=1S/C20H15Cl3N2O4S/c21-13-8-14(22)10-16(9-13)24-20(26)12-29-19-7-6-17(11-18(19)23)30(27,28)25-15-4-2-1-3-5-15/h1-11,25H,12H2,(H,24,26). The van der Waals surface area contributed by atoms with E-state index in [-0.39, 0.29) is 22.3 Å². The molecule has 0 spiro atoms. The summed E-state index contributed by atoms with van der Waals surface area (Å²) in [5, 5.41) is 3.40. The van der Waals surface area contributed by atoms with E-state index in [2.05, 4.69) is 10.0 Å². The number of benzene rings is 3. The van der Waals surface area contributed by atoms with E-state index in [0.29, 0.717) is 21.4 Å². The fourth-order valence-corrected chi connectivity index (χ4v) is 4.36. The largest absolute Gasteiger partial charge is 0.482 e. The molecule has 0 saturated carbocycles. The molecule has 0 radical (unpaired) electrons. The lowest BCUT2D eigenvalue weighted by molar-refractivity contribution is -0.118. The zero-order valence-corrected chi connectivity index (χ0v) is 18.3. The molecule has 0 aromatic heterocycles. The third-order valence-electron chi connectivity index (χ3n) is 3.74. The zero-order valence-electron chi connectivity index (χ0n) is 15.2. The van der Waals surface area contributed by atoms with Gasteiger partial charge in [0.2, 0.25) is 0 Å². The fraction of sp³-hybridized carbons (Fsp3) is 0.0500. The highest BCUT2D eigenvalue weighted by atomic mass is 35.5. The van der Waals surface area contributed by atoms with E-state index in [1.54, 1.807) is 30.3 Å². The second-order valence-electron chi connectivity index (χ2n) is 6.06. The van der Waals surface area contributed by atoms with Crippen LogP contribution in [0.2, 0.25) is 15.1 Å². The van der Waals surface area contributed by atoms with Crippen LogP contribution in [0.25, 0.3) is 0 Å². The van der Waals surface area contributed by atoms with E-state index in [0.717, 1.165) is 0 Å². The van der Waals surface area contributed by atoms with Crippen molar-refractivity contribution in [3.05, 3.63) is 81.8 Å². The van der Waals surface area contributed by atoms with Crippen molar-refractivity contribution in [3.63, 3.8) is 0 Å². The van der Waals surface area contributed by atoms with Gasteiger partial charge in [0.1, 0.15) is 5.75 Å². The number of hydrogen-bond acceptors (Lipinski definition) is 4. The van der Waals surface area contributed by atoms with Crippen LogP contribution < -0.4 is 14.8 Å². The van der Waals surface area contributed by atoms with E-state index in [1.165, 1.54) is 36.4 Å². The van der Waals surface area contributed by atoms with Gasteiger partial charge < -0.3 is 10.1 Å². The molecule has 0 atom stereocenters. The number of para-hydroxylation sites is 1. The maximum Gasteiger partial charge on any atom is 0.262 e. The molecule has 0 fully saturated rings. The average Bonchev–Trinajstić information content (AvgIpc) is 2.66. The van der Waals surface area contributed by atoms with Crippen LogP contribution in [0.15, 0.2) is 71.6 Å². The Morgan fingerprint density at radius 3 is 2.17 bits per heavy atom. The highest BCUT2D eigenvalue weighted by Gasteiger charge is 2.17. The van der Waals surface area contributed by atoms with Gasteiger partial charge in [-0.3, -0.25) is 9.52 Å². The van der Waals surface area contributed by atoms with E-state index >= 15 is 0 Å². The summed E-state index contributed by atoms with van der Waals surface area (Å²) in [4.78, 5) is 12.0. The number of amides is 1. The van der Waals surface area contributed by atoms with Crippen LogP contribution in [0.4, 0.5) is 11.4 Å². The number of carbonyl (C=O) groups is 1. The second kappa shape index (κ2) is 9.57. The first-order valence-electron chi connectivity index (χ1n) is 8.49. The molecule has 0 aliphatic rings. The molecule has 1 amide bonds. The molecule has 156 valence electrons. The number of anilines is 2. The van der Waals surface area contributed by atoms with Crippen LogP contribution in [0, 0.1) is 0 Å². The van der Waals surface area contributed by atoms with Crippen molar-refractivity contribution in [2.24, 2.45) is 0 Å². The van der Waals surface area contributed by atoms with Crippen molar-refractivity contribution in [1.82, 2.24) is 0 Å². The Balaban J connectivity index is 1.64. The van der Waals surface area contributed by atoms with Crippen LogP contribution in [0.3, 0.4) is 0 Å². The third-order valence-corrected chi connectivity index (χ3v) is 5.86. The quantitative estimate of drug-likeness (QED) is 0.465. The molecule has 30 heavy (non-hydrogen) atoms. The van der Waals surface area contributed by atoms with Crippen molar-refractivity contribution in [2.45, 2.75) is 4.90 Å². The molecule has 0 heterocycles. The Labute approximate surface area is 188 Å². The van der Waals surface area contributed by atoms with E-state index in [9.17, 15) is 13.2 Å². The summed E-state index contributed by atoms with van der Waals surface area (Å²) in [6.45, 7) is -0.349. The first kappa shape index (κ1) is 22.2. The Morgan fingerprint density at radius 2 is 1.53 bits per heavy atom. The molecule has 0 unspecified atom stereocenters. The summed E-state index contributed by atoms with van der Waals surface area (Å²) in [6.07, 6.45) is 0. The minimum Gasteiger partial charge on any atom is -0.482 e. The highest BCUT2D eigenvalue weighted by molar-refractivity contribution is 7.92. The normalized spacial score (nSPS) is 11.0. The predicted octanol–water partition coefficient (Wildman–Crippen LogP) is 5.47. The summed E-state index contributed by atoms with van der Waals surface area (Å²) < 4.78 is 32.8. The van der Waals surface area contributed by atoms with Crippen LogP contribution in [-0.4, -0.2) is 20.9 Å². The van der Waals surface area contributed by atoms with Gasteiger partial charge in [-0.1, -0.05) is 53.0 Å². The average molecular weight is 486 g/mol. The number of hydrogen-bond donors (Lipinski definition) is 2. The molecule has 2 N–H and O–H groups in total. The van der Waals surface area contributed by atoms with Gasteiger partial charge in [-0.15, -0.1) is 0 Å². The van der Waals surface area contributed by atoms with Gasteiger partial charge >= 0.3 is 0 Å². The highest BCUT2D eigenvalue weighted by Crippen LogP contribution is 2.28. The molecular formula is C20H15Cl3N2O4S. The lowest BCUT2D eigenvalue weighted by atomic mass is 10.3. The second-order valence-corrected chi connectivity index (χ2v) is 9.02. The Hall–Kier alpha value is -2.45. The summed E-state index contributed by atoms with van der Waals surface area (Å²) in [6, 6.07) is 17.0. The molecule has 0 saturated heterocycles.